The molecule has 4 aromatic carbocycles. The Hall–Kier alpha value is -3.56. The Bertz CT molecular complexity index is 1620. The fourth-order valence-corrected chi connectivity index (χ4v) is 6.55. The molecular weight excluding hydrogens is 600 g/mol. The highest BCUT2D eigenvalue weighted by Gasteiger charge is 2.37. The molecule has 0 aromatic heterocycles. The highest BCUT2D eigenvalue weighted by molar-refractivity contribution is 6.30. The summed E-state index contributed by atoms with van der Waals surface area (Å²) in [4.78, 5) is 13.8. The molecule has 2 aliphatic heterocycles. The van der Waals surface area contributed by atoms with Crippen LogP contribution in [-0.4, -0.2) is 46.8 Å². The molecule has 3 N–H and O–H groups in total. The quantitative estimate of drug-likeness (QED) is 0.189. The van der Waals surface area contributed by atoms with Gasteiger partial charge < -0.3 is 29.9 Å². The summed E-state index contributed by atoms with van der Waals surface area (Å²) in [5, 5.41) is 24.5. The molecule has 0 unspecified atom stereocenters. The number of benzene rings is 4. The lowest BCUT2D eigenvalue weighted by atomic mass is 9.84. The van der Waals surface area contributed by atoms with Gasteiger partial charge in [0.25, 0.3) is 0 Å². The second kappa shape index (κ2) is 14.5. The minimum absolute atomic E-state index is 0.00367. The number of aliphatic hydroxyl groups is 2. The number of halogens is 1. The number of aliphatic hydroxyl groups excluding tert-OH is 1. The van der Waals surface area contributed by atoms with Crippen LogP contribution in [0.4, 0.5) is 0 Å². The van der Waals surface area contributed by atoms with E-state index in [0.29, 0.717) is 30.8 Å². The van der Waals surface area contributed by atoms with Crippen LogP contribution in [0.1, 0.15) is 66.4 Å². The van der Waals surface area contributed by atoms with E-state index in [-0.39, 0.29) is 24.7 Å². The van der Waals surface area contributed by atoms with Crippen molar-refractivity contribution in [2.45, 2.75) is 63.4 Å². The number of amides is 1. The number of carbonyl (C=O) groups excluding carboxylic acids is 1. The van der Waals surface area contributed by atoms with Gasteiger partial charge in [-0.15, -0.1) is 0 Å². The number of hydrogen-bond donors (Lipinski definition) is 3. The summed E-state index contributed by atoms with van der Waals surface area (Å²) in [6.07, 6.45) is 1.12. The van der Waals surface area contributed by atoms with Crippen LogP contribution in [-0.2, 0) is 33.0 Å². The Labute approximate surface area is 275 Å². The molecular formula is C38H41ClN2O5. The smallest absolute Gasteiger partial charge is 0.217 e. The molecule has 0 spiro atoms. The van der Waals surface area contributed by atoms with Crippen molar-refractivity contribution in [1.29, 1.82) is 0 Å². The van der Waals surface area contributed by atoms with Gasteiger partial charge in [-0.1, -0.05) is 84.4 Å². The highest BCUT2D eigenvalue weighted by atomic mass is 35.5. The molecule has 0 bridgehead atoms. The molecule has 2 aliphatic rings. The Morgan fingerprint density at radius 3 is 2.28 bits per heavy atom. The lowest BCUT2D eigenvalue weighted by Crippen LogP contribution is -2.46. The number of carbonyl (C=O) groups is 1. The third-order valence-electron chi connectivity index (χ3n) is 9.10. The number of nitrogens with zero attached hydrogens (tertiary/aromatic N) is 1. The Morgan fingerprint density at radius 1 is 0.891 bits per heavy atom. The maximum absolute atomic E-state index is 11.4. The predicted octanol–water partition coefficient (Wildman–Crippen LogP) is 6.66. The Kier molecular flexibility index (Phi) is 10.2. The Balaban J connectivity index is 1.20. The van der Waals surface area contributed by atoms with Gasteiger partial charge in [-0.3, -0.25) is 4.79 Å². The van der Waals surface area contributed by atoms with Crippen LogP contribution in [0.15, 0.2) is 97.1 Å². The second-order valence-corrected chi connectivity index (χ2v) is 12.9. The number of ether oxygens (including phenoxy) is 2. The minimum atomic E-state index is -0.864. The summed E-state index contributed by atoms with van der Waals surface area (Å²) in [5.74, 6) is -0.0594. The van der Waals surface area contributed by atoms with Crippen molar-refractivity contribution in [2.75, 3.05) is 19.6 Å². The first-order valence-corrected chi connectivity index (χ1v) is 16.3. The van der Waals surface area contributed by atoms with Crippen molar-refractivity contribution in [2.24, 2.45) is 0 Å². The van der Waals surface area contributed by atoms with E-state index in [0.717, 1.165) is 58.6 Å². The van der Waals surface area contributed by atoms with Gasteiger partial charge >= 0.3 is 0 Å². The molecule has 0 saturated carbocycles. The van der Waals surface area contributed by atoms with Crippen LogP contribution in [0.25, 0.3) is 11.1 Å². The molecule has 2 fully saturated rings. The number of hydrogen-bond acceptors (Lipinski definition) is 6. The zero-order valence-electron chi connectivity index (χ0n) is 26.1. The van der Waals surface area contributed by atoms with Crippen molar-refractivity contribution in [3.05, 3.63) is 130 Å². The van der Waals surface area contributed by atoms with Gasteiger partial charge in [0, 0.05) is 50.1 Å². The molecule has 4 aromatic rings. The minimum Gasteiger partial charge on any atom is -0.392 e. The Morgan fingerprint density at radius 2 is 1.59 bits per heavy atom. The predicted molar refractivity (Wildman–Crippen MR) is 179 cm³/mol. The van der Waals surface area contributed by atoms with E-state index in [1.807, 2.05) is 72.8 Å². The van der Waals surface area contributed by atoms with Crippen LogP contribution in [0.5, 0.6) is 0 Å². The van der Waals surface area contributed by atoms with E-state index >= 15 is 0 Å². The summed E-state index contributed by atoms with van der Waals surface area (Å²) in [7, 11) is 0. The van der Waals surface area contributed by atoms with Gasteiger partial charge in [-0.05, 0) is 70.5 Å². The average Bonchev–Trinajstić information content (AvgIpc) is 3.09. The van der Waals surface area contributed by atoms with E-state index in [1.165, 1.54) is 6.92 Å². The lowest BCUT2D eigenvalue weighted by molar-refractivity contribution is -0.253. The van der Waals surface area contributed by atoms with E-state index in [1.54, 1.807) is 0 Å². The third-order valence-corrected chi connectivity index (χ3v) is 9.35. The number of likely N-dealkylation sites (tertiary alicyclic amines) is 1. The molecule has 2 saturated heterocycles. The van der Waals surface area contributed by atoms with Gasteiger partial charge in [0.15, 0.2) is 6.29 Å². The topological polar surface area (TPSA) is 91.3 Å². The van der Waals surface area contributed by atoms with Gasteiger partial charge in [-0.2, -0.15) is 0 Å². The van der Waals surface area contributed by atoms with Crippen LogP contribution in [0.3, 0.4) is 0 Å². The average molecular weight is 641 g/mol. The van der Waals surface area contributed by atoms with E-state index in [9.17, 15) is 15.0 Å². The maximum atomic E-state index is 11.4. The fourth-order valence-electron chi connectivity index (χ4n) is 6.43. The van der Waals surface area contributed by atoms with E-state index in [2.05, 4.69) is 34.5 Å². The van der Waals surface area contributed by atoms with Crippen LogP contribution in [0.2, 0.25) is 5.02 Å². The summed E-state index contributed by atoms with van der Waals surface area (Å²) < 4.78 is 13.3. The zero-order chi connectivity index (χ0) is 32.1. The molecule has 1 amide bonds. The van der Waals surface area contributed by atoms with Crippen molar-refractivity contribution in [1.82, 2.24) is 10.2 Å². The second-order valence-electron chi connectivity index (χ2n) is 12.4. The number of piperidine rings is 1. The van der Waals surface area contributed by atoms with Crippen LogP contribution >= 0.6 is 11.6 Å². The van der Waals surface area contributed by atoms with Gasteiger partial charge in [0.05, 0.1) is 24.4 Å². The summed E-state index contributed by atoms with van der Waals surface area (Å²) in [5.41, 5.74) is 6.00. The van der Waals surface area contributed by atoms with Gasteiger partial charge in [0.2, 0.25) is 5.91 Å². The molecule has 240 valence electrons. The third kappa shape index (κ3) is 7.86. The van der Waals surface area contributed by atoms with Crippen LogP contribution in [0, 0.1) is 0 Å². The molecule has 3 atom stereocenters. The lowest BCUT2D eigenvalue weighted by Gasteiger charge is -2.42. The molecule has 2 heterocycles. The fraction of sp³-hybridized carbons (Fsp3) is 0.342. The number of nitrogens with one attached hydrogen (secondary N) is 1. The van der Waals surface area contributed by atoms with Crippen molar-refractivity contribution in [3.8, 4) is 11.1 Å². The summed E-state index contributed by atoms with van der Waals surface area (Å²) >= 11 is 6.08. The van der Waals surface area contributed by atoms with Gasteiger partial charge in [0.1, 0.15) is 0 Å². The van der Waals surface area contributed by atoms with Crippen molar-refractivity contribution < 1.29 is 24.5 Å². The van der Waals surface area contributed by atoms with Crippen LogP contribution < -0.4 is 5.32 Å². The normalized spacial score (nSPS) is 21.5. The van der Waals surface area contributed by atoms with E-state index < -0.39 is 11.9 Å². The largest absolute Gasteiger partial charge is 0.392 e. The summed E-state index contributed by atoms with van der Waals surface area (Å²) in [6.45, 7) is 4.23. The highest BCUT2D eigenvalue weighted by Crippen LogP contribution is 2.40. The number of rotatable bonds is 9. The maximum Gasteiger partial charge on any atom is 0.217 e. The standard InChI is InChI=1S/C38H41ClN2O5/c1-26(43)40-23-28-4-2-5-30(20-28)31-6-3-7-32(21-31)37-45-35(22-36(46-37)29-10-8-27(25-42)9-11-29)24-41-18-16-38(44,17-19-41)33-12-14-34(39)15-13-33/h2-15,20-21,35-37,42,44H,16-19,22-25H2,1H3,(H,40,43)/t35-,36+,37+/m0/s1. The molecule has 46 heavy (non-hydrogen) atoms. The SMILES string of the molecule is CC(=O)NCc1cccc(-c2cccc([C@@H]3O[C@H](CN4CCC(O)(c5ccc(Cl)cc5)CC4)C[C@H](c4ccc(CO)cc4)O3)c2)c1. The van der Waals surface area contributed by atoms with Crippen molar-refractivity contribution >= 4 is 17.5 Å². The molecule has 8 heteroatoms. The van der Waals surface area contributed by atoms with E-state index in [4.69, 9.17) is 21.1 Å². The van der Waals surface area contributed by atoms with Crippen molar-refractivity contribution in [3.63, 3.8) is 0 Å². The zero-order valence-corrected chi connectivity index (χ0v) is 26.8. The molecule has 0 aliphatic carbocycles. The molecule has 7 nitrogen and oxygen atoms in total. The first-order chi connectivity index (χ1) is 22.3. The first-order valence-electron chi connectivity index (χ1n) is 15.9. The first kappa shape index (κ1) is 32.4. The monoisotopic (exact) mass is 640 g/mol. The molecule has 6 rings (SSSR count). The van der Waals surface area contributed by atoms with Gasteiger partial charge in [-0.25, -0.2) is 0 Å². The molecule has 0 radical (unpaired) electrons. The summed E-state index contributed by atoms with van der Waals surface area (Å²) in [6, 6.07) is 31.9.